The van der Waals surface area contributed by atoms with E-state index in [1.807, 2.05) is 23.1 Å². The molecule has 21 heavy (non-hydrogen) atoms. The lowest BCUT2D eigenvalue weighted by molar-refractivity contribution is -0.134. The fourth-order valence-corrected chi connectivity index (χ4v) is 3.05. The van der Waals surface area contributed by atoms with E-state index in [0.717, 1.165) is 24.9 Å². The largest absolute Gasteiger partial charge is 0.419 e. The average Bonchev–Trinajstić information content (AvgIpc) is 2.81. The van der Waals surface area contributed by atoms with Crippen molar-refractivity contribution in [3.05, 3.63) is 34.8 Å². The number of nitrogens with zero attached hydrogens (tertiary/aromatic N) is 2. The summed E-state index contributed by atoms with van der Waals surface area (Å²) >= 11 is 0. The van der Waals surface area contributed by atoms with Crippen LogP contribution in [0.3, 0.4) is 0 Å². The van der Waals surface area contributed by atoms with Gasteiger partial charge in [0, 0.05) is 25.6 Å². The quantitative estimate of drug-likeness (QED) is 0.871. The van der Waals surface area contributed by atoms with E-state index in [-0.39, 0.29) is 5.91 Å². The Morgan fingerprint density at radius 1 is 1.33 bits per heavy atom. The second kappa shape index (κ2) is 5.76. The van der Waals surface area contributed by atoms with Gasteiger partial charge in [0.2, 0.25) is 5.91 Å². The minimum Gasteiger partial charge on any atom is -0.408 e. The molecule has 1 amide bonds. The Hall–Kier alpha value is -2.04. The lowest BCUT2D eigenvalue weighted by Crippen LogP contribution is -2.42. The van der Waals surface area contributed by atoms with Gasteiger partial charge < -0.3 is 9.32 Å². The van der Waals surface area contributed by atoms with Gasteiger partial charge in [0.15, 0.2) is 5.58 Å². The first kappa shape index (κ1) is 13.9. The predicted molar refractivity (Wildman–Crippen MR) is 80.1 cm³/mol. The smallest absolute Gasteiger partial charge is 0.408 e. The van der Waals surface area contributed by atoms with Gasteiger partial charge in [-0.05, 0) is 38.3 Å². The van der Waals surface area contributed by atoms with E-state index in [9.17, 15) is 9.59 Å². The Morgan fingerprint density at radius 3 is 2.95 bits per heavy atom. The lowest BCUT2D eigenvalue weighted by Gasteiger charge is -2.33. The molecule has 2 heterocycles. The molecule has 1 aromatic heterocycles. The molecule has 1 aliphatic rings. The summed E-state index contributed by atoms with van der Waals surface area (Å²) in [7, 11) is 0. The highest BCUT2D eigenvalue weighted by atomic mass is 16.4. The van der Waals surface area contributed by atoms with Crippen molar-refractivity contribution in [2.45, 2.75) is 45.2 Å². The number of hydrogen-bond donors (Lipinski definition) is 0. The summed E-state index contributed by atoms with van der Waals surface area (Å²) in [6.45, 7) is 3.30. The van der Waals surface area contributed by atoms with Gasteiger partial charge in [0.1, 0.15) is 0 Å². The minimum atomic E-state index is -0.393. The molecule has 0 saturated carbocycles. The van der Waals surface area contributed by atoms with Crippen LogP contribution in [0.25, 0.3) is 11.1 Å². The molecule has 1 atom stereocenters. The average molecular weight is 288 g/mol. The van der Waals surface area contributed by atoms with Crippen LogP contribution in [0, 0.1) is 0 Å². The number of aryl methyl sites for hydroxylation is 1. The summed E-state index contributed by atoms with van der Waals surface area (Å²) in [5.41, 5.74) is 1.32. The number of piperidine rings is 1. The summed E-state index contributed by atoms with van der Waals surface area (Å²) in [5, 5.41) is 0. The van der Waals surface area contributed by atoms with Crippen molar-refractivity contribution < 1.29 is 9.21 Å². The Kier molecular flexibility index (Phi) is 3.82. The van der Waals surface area contributed by atoms with Crippen molar-refractivity contribution in [3.8, 4) is 0 Å². The highest BCUT2D eigenvalue weighted by Crippen LogP contribution is 2.18. The standard InChI is InChI=1S/C16H20N2O3/c1-12-6-4-5-10-17(12)15(19)9-11-18-13-7-2-3-8-14(13)21-16(18)20/h2-3,7-8,12H,4-6,9-11H2,1H3/t12-/m0/s1. The van der Waals surface area contributed by atoms with Crippen LogP contribution in [-0.2, 0) is 11.3 Å². The molecule has 0 radical (unpaired) electrons. The van der Waals surface area contributed by atoms with Crippen molar-refractivity contribution in [1.29, 1.82) is 0 Å². The van der Waals surface area contributed by atoms with E-state index in [2.05, 4.69) is 6.92 Å². The molecule has 2 aromatic rings. The zero-order valence-corrected chi connectivity index (χ0v) is 12.2. The van der Waals surface area contributed by atoms with Crippen molar-refractivity contribution in [2.75, 3.05) is 6.54 Å². The molecular weight excluding hydrogens is 268 g/mol. The molecule has 3 rings (SSSR count). The second-order valence-corrected chi connectivity index (χ2v) is 5.67. The fraction of sp³-hybridized carbons (Fsp3) is 0.500. The van der Waals surface area contributed by atoms with E-state index in [4.69, 9.17) is 4.42 Å². The maximum absolute atomic E-state index is 12.3. The summed E-state index contributed by atoms with van der Waals surface area (Å²) in [5.74, 6) is -0.268. The number of carbonyl (C=O) groups excluding carboxylic acids is 1. The number of benzene rings is 1. The first-order valence-electron chi connectivity index (χ1n) is 7.54. The molecule has 0 unspecified atom stereocenters. The highest BCUT2D eigenvalue weighted by Gasteiger charge is 2.23. The summed E-state index contributed by atoms with van der Waals surface area (Å²) in [6.07, 6.45) is 3.68. The summed E-state index contributed by atoms with van der Waals surface area (Å²) < 4.78 is 6.72. The third-order valence-corrected chi connectivity index (χ3v) is 4.25. The molecule has 0 bridgehead atoms. The molecule has 0 aliphatic carbocycles. The van der Waals surface area contributed by atoms with Crippen LogP contribution in [0.1, 0.15) is 32.6 Å². The van der Waals surface area contributed by atoms with E-state index in [1.54, 1.807) is 10.6 Å². The molecule has 1 aliphatic heterocycles. The highest BCUT2D eigenvalue weighted by molar-refractivity contribution is 5.77. The third kappa shape index (κ3) is 2.73. The van der Waals surface area contributed by atoms with Gasteiger partial charge in [-0.15, -0.1) is 0 Å². The molecule has 112 valence electrons. The predicted octanol–water partition coefficient (Wildman–Crippen LogP) is 2.39. The fourth-order valence-electron chi connectivity index (χ4n) is 3.05. The molecule has 0 spiro atoms. The molecular formula is C16H20N2O3. The topological polar surface area (TPSA) is 55.5 Å². The normalized spacial score (nSPS) is 19.1. The van der Waals surface area contributed by atoms with E-state index in [1.165, 1.54) is 6.42 Å². The first-order valence-corrected chi connectivity index (χ1v) is 7.54. The zero-order valence-electron chi connectivity index (χ0n) is 12.2. The SMILES string of the molecule is C[C@H]1CCCCN1C(=O)CCn1c(=O)oc2ccccc21. The third-order valence-electron chi connectivity index (χ3n) is 4.25. The molecule has 1 aromatic carbocycles. The molecule has 0 N–H and O–H groups in total. The number of likely N-dealkylation sites (tertiary alicyclic amines) is 1. The van der Waals surface area contributed by atoms with Gasteiger partial charge in [0.05, 0.1) is 5.52 Å². The van der Waals surface area contributed by atoms with Crippen LogP contribution in [-0.4, -0.2) is 28.0 Å². The maximum Gasteiger partial charge on any atom is 0.419 e. The monoisotopic (exact) mass is 288 g/mol. The Labute approximate surface area is 123 Å². The summed E-state index contributed by atoms with van der Waals surface area (Å²) in [6, 6.07) is 7.61. The van der Waals surface area contributed by atoms with Crippen LogP contribution in [0.4, 0.5) is 0 Å². The van der Waals surface area contributed by atoms with Crippen LogP contribution in [0.5, 0.6) is 0 Å². The van der Waals surface area contributed by atoms with Gasteiger partial charge >= 0.3 is 5.76 Å². The minimum absolute atomic E-state index is 0.124. The van der Waals surface area contributed by atoms with Crippen LogP contribution in [0.2, 0.25) is 0 Å². The molecule has 5 nitrogen and oxygen atoms in total. The first-order chi connectivity index (χ1) is 10.2. The van der Waals surface area contributed by atoms with Gasteiger partial charge in [-0.25, -0.2) is 4.79 Å². The molecule has 1 fully saturated rings. The number of hydrogen-bond acceptors (Lipinski definition) is 3. The number of carbonyl (C=O) groups is 1. The van der Waals surface area contributed by atoms with Gasteiger partial charge in [-0.1, -0.05) is 12.1 Å². The molecule has 5 heteroatoms. The number of aromatic nitrogens is 1. The van der Waals surface area contributed by atoms with Crippen molar-refractivity contribution in [1.82, 2.24) is 9.47 Å². The number of oxazole rings is 1. The van der Waals surface area contributed by atoms with E-state index >= 15 is 0 Å². The second-order valence-electron chi connectivity index (χ2n) is 5.67. The van der Waals surface area contributed by atoms with E-state index in [0.29, 0.717) is 24.6 Å². The Bertz CT molecular complexity index is 701. The summed E-state index contributed by atoms with van der Waals surface area (Å²) in [4.78, 5) is 26.1. The van der Waals surface area contributed by atoms with Crippen LogP contribution in [0.15, 0.2) is 33.5 Å². The van der Waals surface area contributed by atoms with Crippen LogP contribution >= 0.6 is 0 Å². The van der Waals surface area contributed by atoms with E-state index < -0.39 is 5.76 Å². The van der Waals surface area contributed by atoms with Crippen LogP contribution < -0.4 is 5.76 Å². The van der Waals surface area contributed by atoms with Gasteiger partial charge in [0.25, 0.3) is 0 Å². The number of rotatable bonds is 3. The number of para-hydroxylation sites is 2. The van der Waals surface area contributed by atoms with Crippen molar-refractivity contribution in [2.24, 2.45) is 0 Å². The number of amides is 1. The Balaban J connectivity index is 1.73. The van der Waals surface area contributed by atoms with Crippen molar-refractivity contribution in [3.63, 3.8) is 0 Å². The van der Waals surface area contributed by atoms with Gasteiger partial charge in [-0.2, -0.15) is 0 Å². The lowest BCUT2D eigenvalue weighted by atomic mass is 10.0. The molecule has 1 saturated heterocycles. The van der Waals surface area contributed by atoms with Crippen molar-refractivity contribution >= 4 is 17.0 Å². The zero-order chi connectivity index (χ0) is 14.8. The maximum atomic E-state index is 12.3. The number of fused-ring (bicyclic) bond motifs is 1. The Morgan fingerprint density at radius 2 is 2.14 bits per heavy atom. The van der Waals surface area contributed by atoms with Gasteiger partial charge in [-0.3, -0.25) is 9.36 Å².